The lowest BCUT2D eigenvalue weighted by molar-refractivity contribution is -0.131. The van der Waals surface area contributed by atoms with Crippen LogP contribution in [0.1, 0.15) is 31.7 Å². The Bertz CT molecular complexity index is 377. The molecule has 16 heavy (non-hydrogen) atoms. The van der Waals surface area contributed by atoms with Gasteiger partial charge in [0.05, 0.1) is 5.25 Å². The van der Waals surface area contributed by atoms with Crippen LogP contribution in [0.4, 0.5) is 0 Å². The van der Waals surface area contributed by atoms with Crippen LogP contribution in [0.2, 0.25) is 0 Å². The fraction of sp³-hybridized carbons (Fsp3) is 0.462. The van der Waals surface area contributed by atoms with E-state index in [9.17, 15) is 4.79 Å². The van der Waals surface area contributed by atoms with E-state index >= 15 is 0 Å². The number of thioether (sulfide) groups is 1. The first-order chi connectivity index (χ1) is 7.61. The summed E-state index contributed by atoms with van der Waals surface area (Å²) in [5.41, 5.74) is 1.22. The standard InChI is InChI=1S/C13H17NOS/c1-9(2)14-12(15)10(3)16-13(14)11-7-5-4-6-8-11/h4-10,13H,1-3H3/t10-,13-/m0/s1. The highest BCUT2D eigenvalue weighted by Crippen LogP contribution is 2.43. The SMILES string of the molecule is CC(C)N1C(=O)[C@H](C)S[C@H]1c1ccccc1. The first-order valence-corrected chi connectivity index (χ1v) is 6.58. The fourth-order valence-electron chi connectivity index (χ4n) is 2.02. The van der Waals surface area contributed by atoms with Gasteiger partial charge < -0.3 is 4.90 Å². The summed E-state index contributed by atoms with van der Waals surface area (Å²) < 4.78 is 0. The number of hydrogen-bond acceptors (Lipinski definition) is 2. The Balaban J connectivity index is 2.31. The van der Waals surface area contributed by atoms with Gasteiger partial charge in [-0.25, -0.2) is 0 Å². The Morgan fingerprint density at radius 3 is 2.44 bits per heavy atom. The van der Waals surface area contributed by atoms with Gasteiger partial charge in [0.1, 0.15) is 5.37 Å². The molecule has 0 aliphatic carbocycles. The summed E-state index contributed by atoms with van der Waals surface area (Å²) >= 11 is 1.74. The predicted molar refractivity (Wildman–Crippen MR) is 68.2 cm³/mol. The Morgan fingerprint density at radius 2 is 1.88 bits per heavy atom. The normalized spacial score (nSPS) is 25.5. The highest BCUT2D eigenvalue weighted by molar-refractivity contribution is 8.01. The summed E-state index contributed by atoms with van der Waals surface area (Å²) in [6, 6.07) is 10.5. The molecule has 3 heteroatoms. The summed E-state index contributed by atoms with van der Waals surface area (Å²) in [6.45, 7) is 6.14. The molecule has 0 bridgehead atoms. The minimum absolute atomic E-state index is 0.0765. The van der Waals surface area contributed by atoms with Crippen molar-refractivity contribution in [2.45, 2.75) is 37.4 Å². The van der Waals surface area contributed by atoms with Crippen LogP contribution in [0.25, 0.3) is 0 Å². The maximum Gasteiger partial charge on any atom is 0.236 e. The largest absolute Gasteiger partial charge is 0.323 e. The van der Waals surface area contributed by atoms with Crippen molar-refractivity contribution in [1.29, 1.82) is 0 Å². The van der Waals surface area contributed by atoms with E-state index in [1.807, 2.05) is 30.0 Å². The zero-order valence-corrected chi connectivity index (χ0v) is 10.7. The van der Waals surface area contributed by atoms with Crippen molar-refractivity contribution in [3.05, 3.63) is 35.9 Å². The Hall–Kier alpha value is -0.960. The molecule has 0 unspecified atom stereocenters. The highest BCUT2D eigenvalue weighted by atomic mass is 32.2. The van der Waals surface area contributed by atoms with Gasteiger partial charge in [-0.15, -0.1) is 11.8 Å². The molecule has 1 aliphatic rings. The summed E-state index contributed by atoms with van der Waals surface area (Å²) in [7, 11) is 0. The van der Waals surface area contributed by atoms with Crippen LogP contribution in [-0.2, 0) is 4.79 Å². The number of carbonyl (C=O) groups is 1. The van der Waals surface area contributed by atoms with E-state index in [4.69, 9.17) is 0 Å². The summed E-state index contributed by atoms with van der Waals surface area (Å²) in [5.74, 6) is 0.258. The molecule has 2 rings (SSSR count). The second-order valence-corrected chi connectivity index (χ2v) is 5.81. The molecule has 1 aliphatic heterocycles. The molecule has 0 aromatic heterocycles. The molecule has 1 saturated heterocycles. The van der Waals surface area contributed by atoms with Crippen molar-refractivity contribution in [3.8, 4) is 0 Å². The zero-order valence-electron chi connectivity index (χ0n) is 9.88. The van der Waals surface area contributed by atoms with Crippen molar-refractivity contribution in [1.82, 2.24) is 4.90 Å². The highest BCUT2D eigenvalue weighted by Gasteiger charge is 2.39. The molecule has 1 aromatic rings. The van der Waals surface area contributed by atoms with Crippen LogP contribution in [0.15, 0.2) is 30.3 Å². The lowest BCUT2D eigenvalue weighted by atomic mass is 10.2. The van der Waals surface area contributed by atoms with Gasteiger partial charge in [0.2, 0.25) is 5.91 Å². The lowest BCUT2D eigenvalue weighted by Crippen LogP contribution is -2.36. The Kier molecular flexibility index (Phi) is 3.24. The third-order valence-electron chi connectivity index (χ3n) is 2.83. The minimum atomic E-state index is 0.0765. The van der Waals surface area contributed by atoms with Crippen LogP contribution in [0.5, 0.6) is 0 Å². The number of nitrogens with zero attached hydrogens (tertiary/aromatic N) is 1. The summed E-state index contributed by atoms with van der Waals surface area (Å²) in [5, 5.41) is 0.260. The molecule has 0 N–H and O–H groups in total. The van der Waals surface area contributed by atoms with Crippen LogP contribution in [-0.4, -0.2) is 22.1 Å². The quantitative estimate of drug-likeness (QED) is 0.785. The van der Waals surface area contributed by atoms with Crippen molar-refractivity contribution < 1.29 is 4.79 Å². The molecular formula is C13H17NOS. The number of benzene rings is 1. The monoisotopic (exact) mass is 235 g/mol. The van der Waals surface area contributed by atoms with E-state index in [0.29, 0.717) is 0 Å². The van der Waals surface area contributed by atoms with Crippen LogP contribution >= 0.6 is 11.8 Å². The number of carbonyl (C=O) groups excluding carboxylic acids is 1. The van der Waals surface area contributed by atoms with Gasteiger partial charge in [0.15, 0.2) is 0 Å². The van der Waals surface area contributed by atoms with Gasteiger partial charge in [0.25, 0.3) is 0 Å². The van der Waals surface area contributed by atoms with Gasteiger partial charge in [-0.3, -0.25) is 4.79 Å². The molecule has 86 valence electrons. The Morgan fingerprint density at radius 1 is 1.25 bits per heavy atom. The number of amides is 1. The molecule has 1 fully saturated rings. The first-order valence-electron chi connectivity index (χ1n) is 5.64. The van der Waals surface area contributed by atoms with E-state index < -0.39 is 0 Å². The minimum Gasteiger partial charge on any atom is -0.323 e. The number of rotatable bonds is 2. The van der Waals surface area contributed by atoms with E-state index in [1.54, 1.807) is 11.8 Å². The zero-order chi connectivity index (χ0) is 11.7. The topological polar surface area (TPSA) is 20.3 Å². The molecule has 1 heterocycles. The number of hydrogen-bond donors (Lipinski definition) is 0. The molecule has 2 atom stereocenters. The van der Waals surface area contributed by atoms with E-state index in [-0.39, 0.29) is 22.6 Å². The maximum absolute atomic E-state index is 12.0. The molecular weight excluding hydrogens is 218 g/mol. The second-order valence-electron chi connectivity index (χ2n) is 4.38. The van der Waals surface area contributed by atoms with Gasteiger partial charge in [-0.05, 0) is 26.3 Å². The summed E-state index contributed by atoms with van der Waals surface area (Å²) in [6.07, 6.45) is 0. The van der Waals surface area contributed by atoms with Gasteiger partial charge >= 0.3 is 0 Å². The molecule has 0 saturated carbocycles. The maximum atomic E-state index is 12.0. The fourth-order valence-corrected chi connectivity index (χ4v) is 3.44. The van der Waals surface area contributed by atoms with Crippen LogP contribution in [0.3, 0.4) is 0 Å². The van der Waals surface area contributed by atoms with E-state index in [1.165, 1.54) is 5.56 Å². The molecule has 0 spiro atoms. The van der Waals surface area contributed by atoms with Gasteiger partial charge in [0, 0.05) is 6.04 Å². The lowest BCUT2D eigenvalue weighted by Gasteiger charge is -2.27. The van der Waals surface area contributed by atoms with Crippen molar-refractivity contribution in [3.63, 3.8) is 0 Å². The summed E-state index contributed by atoms with van der Waals surface area (Å²) in [4.78, 5) is 14.0. The third kappa shape index (κ3) is 1.96. The van der Waals surface area contributed by atoms with E-state index in [2.05, 4.69) is 26.0 Å². The average molecular weight is 235 g/mol. The predicted octanol–water partition coefficient (Wildman–Crippen LogP) is 3.06. The van der Waals surface area contributed by atoms with Gasteiger partial charge in [-0.1, -0.05) is 30.3 Å². The first kappa shape index (κ1) is 11.5. The van der Waals surface area contributed by atoms with Gasteiger partial charge in [-0.2, -0.15) is 0 Å². The van der Waals surface area contributed by atoms with Crippen LogP contribution in [0, 0.1) is 0 Å². The average Bonchev–Trinajstić information content (AvgIpc) is 2.57. The van der Waals surface area contributed by atoms with Crippen LogP contribution < -0.4 is 0 Å². The van der Waals surface area contributed by atoms with Crippen molar-refractivity contribution in [2.24, 2.45) is 0 Å². The second kappa shape index (κ2) is 4.50. The molecule has 2 nitrogen and oxygen atoms in total. The Labute approximate surface area is 101 Å². The smallest absolute Gasteiger partial charge is 0.236 e. The third-order valence-corrected chi connectivity index (χ3v) is 4.20. The van der Waals surface area contributed by atoms with Crippen molar-refractivity contribution in [2.75, 3.05) is 0 Å². The van der Waals surface area contributed by atoms with Crippen molar-refractivity contribution >= 4 is 17.7 Å². The molecule has 1 aromatic carbocycles. The molecule has 1 amide bonds. The van der Waals surface area contributed by atoms with E-state index in [0.717, 1.165) is 0 Å². The molecule has 0 radical (unpaired) electrons.